The molecule has 1 aromatic heterocycles. The van der Waals surface area contributed by atoms with Crippen LogP contribution in [0.5, 0.6) is 5.75 Å². The molecule has 0 bridgehead atoms. The zero-order valence-corrected chi connectivity index (χ0v) is 20.4. The molecule has 194 valence electrons. The number of hydrogen-bond acceptors (Lipinski definition) is 6. The molecule has 37 heavy (non-hydrogen) atoms. The van der Waals surface area contributed by atoms with Gasteiger partial charge in [0.25, 0.3) is 0 Å². The highest BCUT2D eigenvalue weighted by Gasteiger charge is 2.47. The Bertz CT molecular complexity index is 1340. The summed E-state index contributed by atoms with van der Waals surface area (Å²) in [5, 5.41) is 23.4. The Morgan fingerprint density at radius 3 is 2.46 bits per heavy atom. The van der Waals surface area contributed by atoms with E-state index in [4.69, 9.17) is 0 Å². The summed E-state index contributed by atoms with van der Waals surface area (Å²) in [6, 6.07) is 5.48. The van der Waals surface area contributed by atoms with Crippen LogP contribution in [0.4, 0.5) is 22.0 Å². The van der Waals surface area contributed by atoms with Crippen molar-refractivity contribution >= 4 is 17.1 Å². The Hall–Kier alpha value is -3.36. The molecule has 0 spiro atoms. The van der Waals surface area contributed by atoms with Crippen molar-refractivity contribution in [2.45, 2.75) is 50.9 Å². The number of carbonyl (C=O) groups is 1. The van der Waals surface area contributed by atoms with Crippen LogP contribution >= 0.6 is 11.3 Å². The van der Waals surface area contributed by atoms with E-state index in [2.05, 4.69) is 10.3 Å². The number of nitriles is 1. The lowest BCUT2D eigenvalue weighted by Crippen LogP contribution is -2.46. The highest BCUT2D eigenvalue weighted by molar-refractivity contribution is 7.13. The Kier molecular flexibility index (Phi) is 7.35. The van der Waals surface area contributed by atoms with Crippen molar-refractivity contribution in [1.29, 1.82) is 5.26 Å². The van der Waals surface area contributed by atoms with Crippen molar-refractivity contribution in [3.63, 3.8) is 0 Å². The maximum absolute atomic E-state index is 14.3. The zero-order valence-electron chi connectivity index (χ0n) is 19.6. The van der Waals surface area contributed by atoms with E-state index in [9.17, 15) is 37.1 Å². The summed E-state index contributed by atoms with van der Waals surface area (Å²) in [4.78, 5) is 17.5. The minimum Gasteiger partial charge on any atom is -0.503 e. The fourth-order valence-electron chi connectivity index (χ4n) is 4.09. The van der Waals surface area contributed by atoms with Gasteiger partial charge in [0.2, 0.25) is 0 Å². The van der Waals surface area contributed by atoms with Gasteiger partial charge in [-0.25, -0.2) is 13.8 Å². The first-order valence-electron chi connectivity index (χ1n) is 11.4. The van der Waals surface area contributed by atoms with Crippen molar-refractivity contribution in [2.24, 2.45) is 5.41 Å². The number of aromatic hydroxyl groups is 1. The van der Waals surface area contributed by atoms with Crippen molar-refractivity contribution in [1.82, 2.24) is 10.3 Å². The lowest BCUT2D eigenvalue weighted by molar-refractivity contribution is -0.160. The number of benzene rings is 2. The first-order valence-corrected chi connectivity index (χ1v) is 12.2. The van der Waals surface area contributed by atoms with E-state index in [1.54, 1.807) is 18.4 Å². The van der Waals surface area contributed by atoms with Crippen LogP contribution in [-0.2, 0) is 11.2 Å². The number of aryl methyl sites for hydroxylation is 1. The average Bonchev–Trinajstić information content (AvgIpc) is 3.48. The minimum absolute atomic E-state index is 0.117. The van der Waals surface area contributed by atoms with Crippen molar-refractivity contribution in [3.8, 4) is 22.4 Å². The molecule has 0 aliphatic heterocycles. The van der Waals surface area contributed by atoms with Gasteiger partial charge in [-0.1, -0.05) is 18.2 Å². The van der Waals surface area contributed by atoms with E-state index in [0.29, 0.717) is 23.4 Å². The summed E-state index contributed by atoms with van der Waals surface area (Å²) >= 11 is 1.28. The van der Waals surface area contributed by atoms with Crippen LogP contribution in [0.15, 0.2) is 41.8 Å². The molecule has 2 atom stereocenters. The number of hydrogen-bond donors (Lipinski definition) is 2. The first kappa shape index (κ1) is 26.7. The standard InChI is InChI=1S/C26H22F5N3O2S/c1-14-12-37-24(33-14)17-4-2-3-16(10-17)23(26(29,30)31)34-20(21(35)11-25(13-32)5-6-25)9-15-7-18(27)22(36)19(28)8-15/h2-4,7-8,10,12,20,23,34,36H,5-6,9,11H2,1H3/t20-,23-/m0/s1. The fourth-order valence-corrected chi connectivity index (χ4v) is 4.89. The number of nitrogens with zero attached hydrogens (tertiary/aromatic N) is 2. The van der Waals surface area contributed by atoms with E-state index < -0.39 is 53.3 Å². The lowest BCUT2D eigenvalue weighted by Gasteiger charge is -2.28. The number of halogens is 5. The Labute approximate surface area is 213 Å². The molecule has 1 aliphatic rings. The van der Waals surface area contributed by atoms with Gasteiger partial charge in [-0.05, 0) is 55.5 Å². The summed E-state index contributed by atoms with van der Waals surface area (Å²) in [6.07, 6.45) is -4.70. The number of carbonyl (C=O) groups excluding carboxylic acids is 1. The quantitative estimate of drug-likeness (QED) is 0.320. The molecule has 0 radical (unpaired) electrons. The summed E-state index contributed by atoms with van der Waals surface area (Å²) in [5.41, 5.74) is -0.0210. The van der Waals surface area contributed by atoms with E-state index in [1.165, 1.54) is 29.5 Å². The first-order chi connectivity index (χ1) is 17.4. The van der Waals surface area contributed by atoms with Gasteiger partial charge >= 0.3 is 6.18 Å². The van der Waals surface area contributed by atoms with Crippen molar-refractivity contribution < 1.29 is 31.9 Å². The van der Waals surface area contributed by atoms with Crippen LogP contribution in [0.2, 0.25) is 0 Å². The zero-order chi connectivity index (χ0) is 27.0. The molecular weight excluding hydrogens is 513 g/mol. The van der Waals surface area contributed by atoms with Crippen molar-refractivity contribution in [3.05, 3.63) is 70.2 Å². The summed E-state index contributed by atoms with van der Waals surface area (Å²) in [5.74, 6) is -4.48. The van der Waals surface area contributed by atoms with Gasteiger partial charge in [-0.15, -0.1) is 11.3 Å². The van der Waals surface area contributed by atoms with Crippen LogP contribution in [0.1, 0.15) is 42.1 Å². The topological polar surface area (TPSA) is 86.0 Å². The van der Waals surface area contributed by atoms with Crippen LogP contribution in [0, 0.1) is 35.3 Å². The molecule has 1 saturated carbocycles. The molecule has 2 N–H and O–H groups in total. The van der Waals surface area contributed by atoms with E-state index in [-0.39, 0.29) is 17.5 Å². The SMILES string of the molecule is Cc1csc(-c2cccc([C@H](N[C@@H](Cc3cc(F)c(O)c(F)c3)C(=O)CC3(C#N)CC3)C(F)(F)F)c2)n1. The van der Waals surface area contributed by atoms with Gasteiger partial charge in [0.1, 0.15) is 11.0 Å². The number of ketones is 1. The third-order valence-electron chi connectivity index (χ3n) is 6.29. The minimum atomic E-state index is -4.83. The number of Topliss-reactive ketones (excluding diaryl/α,β-unsaturated/α-hetero) is 1. The van der Waals surface area contributed by atoms with E-state index in [1.807, 2.05) is 6.07 Å². The average molecular weight is 536 g/mol. The maximum atomic E-state index is 14.3. The number of phenols is 1. The summed E-state index contributed by atoms with van der Waals surface area (Å²) in [6.45, 7) is 1.77. The van der Waals surface area contributed by atoms with Gasteiger partial charge in [0, 0.05) is 23.1 Å². The summed E-state index contributed by atoms with van der Waals surface area (Å²) in [7, 11) is 0. The Morgan fingerprint density at radius 2 is 1.92 bits per heavy atom. The smallest absolute Gasteiger partial charge is 0.407 e. The highest BCUT2D eigenvalue weighted by Crippen LogP contribution is 2.48. The van der Waals surface area contributed by atoms with E-state index in [0.717, 1.165) is 17.8 Å². The molecular formula is C26H22F5N3O2S. The second kappa shape index (κ2) is 10.2. The second-order valence-corrected chi connectivity index (χ2v) is 10.1. The largest absolute Gasteiger partial charge is 0.503 e. The number of alkyl halides is 3. The third-order valence-corrected chi connectivity index (χ3v) is 7.30. The van der Waals surface area contributed by atoms with Crippen LogP contribution in [0.25, 0.3) is 10.6 Å². The maximum Gasteiger partial charge on any atom is 0.407 e. The number of nitrogens with one attached hydrogen (secondary N) is 1. The molecule has 0 saturated heterocycles. The monoisotopic (exact) mass is 535 g/mol. The van der Waals surface area contributed by atoms with Gasteiger partial charge in [0.05, 0.1) is 17.5 Å². The molecule has 3 aromatic rings. The Balaban J connectivity index is 1.68. The van der Waals surface area contributed by atoms with Gasteiger partial charge < -0.3 is 5.11 Å². The molecule has 4 rings (SSSR count). The third kappa shape index (κ3) is 6.14. The molecule has 11 heteroatoms. The molecule has 0 unspecified atom stereocenters. The number of aromatic nitrogens is 1. The van der Waals surface area contributed by atoms with Crippen LogP contribution in [-0.4, -0.2) is 28.1 Å². The second-order valence-electron chi connectivity index (χ2n) is 9.26. The number of thiazole rings is 1. The normalized spacial score (nSPS) is 16.1. The van der Waals surface area contributed by atoms with Gasteiger partial charge in [-0.2, -0.15) is 18.4 Å². The van der Waals surface area contributed by atoms with Crippen molar-refractivity contribution in [2.75, 3.05) is 0 Å². The molecule has 1 fully saturated rings. The predicted octanol–water partition coefficient (Wildman–Crippen LogP) is 6.17. The number of phenolic OH excluding ortho intramolecular Hbond substituents is 1. The van der Waals surface area contributed by atoms with E-state index >= 15 is 0 Å². The molecule has 0 amide bonds. The van der Waals surface area contributed by atoms with Gasteiger partial charge in [0.15, 0.2) is 23.2 Å². The molecule has 2 aromatic carbocycles. The summed E-state index contributed by atoms with van der Waals surface area (Å²) < 4.78 is 70.8. The number of rotatable bonds is 9. The molecule has 1 aliphatic carbocycles. The fraction of sp³-hybridized carbons (Fsp3) is 0.346. The lowest BCUT2D eigenvalue weighted by atomic mass is 9.92. The highest BCUT2D eigenvalue weighted by atomic mass is 32.1. The van der Waals surface area contributed by atoms with Gasteiger partial charge in [-0.3, -0.25) is 10.1 Å². The molecule has 5 nitrogen and oxygen atoms in total. The van der Waals surface area contributed by atoms with Crippen LogP contribution < -0.4 is 5.32 Å². The Morgan fingerprint density at radius 1 is 1.24 bits per heavy atom. The predicted molar refractivity (Wildman–Crippen MR) is 127 cm³/mol. The van der Waals surface area contributed by atoms with Crippen LogP contribution in [0.3, 0.4) is 0 Å². The molecule has 1 heterocycles.